The number of aromatic carboxylic acids is 1. The van der Waals surface area contributed by atoms with Gasteiger partial charge in [-0.3, -0.25) is 10.9 Å². The van der Waals surface area contributed by atoms with Crippen molar-refractivity contribution in [2.24, 2.45) is 0 Å². The lowest BCUT2D eigenvalue weighted by Gasteiger charge is -2.03. The SMILES string of the molecule is CNNCc1c(C)[nH]c(C(=O)O)c1C. The van der Waals surface area contributed by atoms with Gasteiger partial charge in [0.2, 0.25) is 0 Å². The molecule has 0 aliphatic rings. The van der Waals surface area contributed by atoms with Gasteiger partial charge in [0, 0.05) is 12.2 Å². The number of aryl methyl sites for hydroxylation is 1. The van der Waals surface area contributed by atoms with Gasteiger partial charge < -0.3 is 10.1 Å². The molecule has 0 bridgehead atoms. The Bertz CT molecular complexity index is 344. The lowest BCUT2D eigenvalue weighted by atomic mass is 10.1. The van der Waals surface area contributed by atoms with Crippen LogP contribution in [0.25, 0.3) is 0 Å². The standard InChI is InChI=1S/C9H15N3O2/c1-5-7(4-11-10-3)6(2)12-8(5)9(13)14/h10-12H,4H2,1-3H3,(H,13,14). The second-order valence-electron chi connectivity index (χ2n) is 3.14. The number of carboxylic acid groups (broad SMARTS) is 1. The summed E-state index contributed by atoms with van der Waals surface area (Å²) in [6, 6.07) is 0. The molecule has 1 aromatic rings. The number of nitrogens with one attached hydrogen (secondary N) is 3. The normalized spacial score (nSPS) is 10.5. The van der Waals surface area contributed by atoms with Crippen molar-refractivity contribution in [1.82, 2.24) is 15.8 Å². The first kappa shape index (κ1) is 10.7. The molecule has 78 valence electrons. The lowest BCUT2D eigenvalue weighted by Crippen LogP contribution is -2.27. The van der Waals surface area contributed by atoms with Crippen LogP contribution in [0.2, 0.25) is 0 Å². The Kier molecular flexibility index (Phi) is 3.27. The van der Waals surface area contributed by atoms with Crippen LogP contribution in [-0.2, 0) is 6.54 Å². The molecule has 0 radical (unpaired) electrons. The van der Waals surface area contributed by atoms with E-state index in [4.69, 9.17) is 5.11 Å². The minimum Gasteiger partial charge on any atom is -0.477 e. The quantitative estimate of drug-likeness (QED) is 0.532. The Morgan fingerprint density at radius 2 is 2.14 bits per heavy atom. The monoisotopic (exact) mass is 197 g/mol. The molecule has 0 aliphatic carbocycles. The van der Waals surface area contributed by atoms with Gasteiger partial charge in [0.05, 0.1) is 0 Å². The van der Waals surface area contributed by atoms with Crippen molar-refractivity contribution >= 4 is 5.97 Å². The highest BCUT2D eigenvalue weighted by Crippen LogP contribution is 2.17. The summed E-state index contributed by atoms with van der Waals surface area (Å²) in [4.78, 5) is 13.6. The van der Waals surface area contributed by atoms with Crippen LogP contribution in [0, 0.1) is 13.8 Å². The highest BCUT2D eigenvalue weighted by atomic mass is 16.4. The molecule has 0 unspecified atom stereocenters. The molecule has 0 spiro atoms. The topological polar surface area (TPSA) is 77.1 Å². The molecule has 0 aromatic carbocycles. The maximum atomic E-state index is 10.8. The van der Waals surface area contributed by atoms with Crippen molar-refractivity contribution < 1.29 is 9.90 Å². The third-order valence-corrected chi connectivity index (χ3v) is 2.25. The smallest absolute Gasteiger partial charge is 0.352 e. The van der Waals surface area contributed by atoms with Crippen LogP contribution < -0.4 is 10.9 Å². The minimum absolute atomic E-state index is 0.274. The molecule has 1 rings (SSSR count). The number of carboxylic acids is 1. The number of rotatable bonds is 4. The van der Waals surface area contributed by atoms with Crippen LogP contribution in [0.15, 0.2) is 0 Å². The van der Waals surface area contributed by atoms with E-state index in [0.717, 1.165) is 16.8 Å². The van der Waals surface area contributed by atoms with Crippen LogP contribution in [0.4, 0.5) is 0 Å². The van der Waals surface area contributed by atoms with Gasteiger partial charge in [0.25, 0.3) is 0 Å². The summed E-state index contributed by atoms with van der Waals surface area (Å²) in [6.45, 7) is 4.28. The van der Waals surface area contributed by atoms with E-state index in [1.165, 1.54) is 0 Å². The van der Waals surface area contributed by atoms with Gasteiger partial charge >= 0.3 is 5.97 Å². The van der Waals surface area contributed by atoms with E-state index in [0.29, 0.717) is 6.54 Å². The maximum absolute atomic E-state index is 10.8. The molecule has 0 saturated carbocycles. The first-order valence-corrected chi connectivity index (χ1v) is 4.38. The highest BCUT2D eigenvalue weighted by molar-refractivity contribution is 5.88. The fourth-order valence-electron chi connectivity index (χ4n) is 1.44. The summed E-state index contributed by atoms with van der Waals surface area (Å²) >= 11 is 0. The number of H-pyrrole nitrogens is 1. The van der Waals surface area contributed by atoms with Crippen LogP contribution in [0.3, 0.4) is 0 Å². The Balaban J connectivity index is 2.99. The summed E-state index contributed by atoms with van der Waals surface area (Å²) in [5.41, 5.74) is 8.68. The third kappa shape index (κ3) is 1.94. The largest absolute Gasteiger partial charge is 0.477 e. The van der Waals surface area contributed by atoms with Gasteiger partial charge in [-0.1, -0.05) is 0 Å². The lowest BCUT2D eigenvalue weighted by molar-refractivity contribution is 0.0690. The molecule has 1 aromatic heterocycles. The van der Waals surface area contributed by atoms with Gasteiger partial charge in [-0.25, -0.2) is 4.79 Å². The Morgan fingerprint density at radius 3 is 2.57 bits per heavy atom. The van der Waals surface area contributed by atoms with Crippen molar-refractivity contribution in [2.75, 3.05) is 7.05 Å². The summed E-state index contributed by atoms with van der Waals surface area (Å²) in [5, 5.41) is 8.86. The van der Waals surface area contributed by atoms with E-state index >= 15 is 0 Å². The summed E-state index contributed by atoms with van der Waals surface area (Å²) in [5.74, 6) is -0.915. The molecule has 0 aliphatic heterocycles. The molecule has 0 saturated heterocycles. The number of hydrogen-bond donors (Lipinski definition) is 4. The van der Waals surface area contributed by atoms with Crippen LogP contribution in [0.1, 0.15) is 27.3 Å². The molecular formula is C9H15N3O2. The Labute approximate surface area is 82.5 Å². The van der Waals surface area contributed by atoms with Crippen LogP contribution >= 0.6 is 0 Å². The molecule has 5 nitrogen and oxygen atoms in total. The van der Waals surface area contributed by atoms with E-state index in [1.807, 2.05) is 6.92 Å². The average molecular weight is 197 g/mol. The van der Waals surface area contributed by atoms with E-state index in [-0.39, 0.29) is 5.69 Å². The first-order valence-electron chi connectivity index (χ1n) is 4.38. The zero-order valence-corrected chi connectivity index (χ0v) is 8.56. The molecule has 0 fully saturated rings. The maximum Gasteiger partial charge on any atom is 0.352 e. The fourth-order valence-corrected chi connectivity index (χ4v) is 1.44. The summed E-state index contributed by atoms with van der Waals surface area (Å²) in [6.07, 6.45) is 0. The van der Waals surface area contributed by atoms with Crippen LogP contribution in [-0.4, -0.2) is 23.1 Å². The van der Waals surface area contributed by atoms with Crippen molar-refractivity contribution in [3.05, 3.63) is 22.5 Å². The van der Waals surface area contributed by atoms with E-state index in [2.05, 4.69) is 15.8 Å². The Hall–Kier alpha value is -1.33. The second kappa shape index (κ2) is 4.26. The summed E-state index contributed by atoms with van der Waals surface area (Å²) < 4.78 is 0. The fraction of sp³-hybridized carbons (Fsp3) is 0.444. The van der Waals surface area contributed by atoms with Crippen molar-refractivity contribution in [3.63, 3.8) is 0 Å². The predicted octanol–water partition coefficient (Wildman–Crippen LogP) is 0.554. The Morgan fingerprint density at radius 1 is 1.50 bits per heavy atom. The number of hydrazine groups is 1. The number of hydrogen-bond acceptors (Lipinski definition) is 3. The zero-order valence-electron chi connectivity index (χ0n) is 8.56. The highest BCUT2D eigenvalue weighted by Gasteiger charge is 2.15. The third-order valence-electron chi connectivity index (χ3n) is 2.25. The van der Waals surface area contributed by atoms with Crippen molar-refractivity contribution in [3.8, 4) is 0 Å². The number of carbonyl (C=O) groups is 1. The van der Waals surface area contributed by atoms with Crippen molar-refractivity contribution in [1.29, 1.82) is 0 Å². The molecular weight excluding hydrogens is 182 g/mol. The second-order valence-corrected chi connectivity index (χ2v) is 3.14. The molecule has 0 amide bonds. The van der Waals surface area contributed by atoms with Gasteiger partial charge in [-0.05, 0) is 32.0 Å². The number of aromatic nitrogens is 1. The van der Waals surface area contributed by atoms with Gasteiger partial charge in [0.1, 0.15) is 5.69 Å². The van der Waals surface area contributed by atoms with Gasteiger partial charge in [-0.15, -0.1) is 0 Å². The minimum atomic E-state index is -0.915. The van der Waals surface area contributed by atoms with Crippen LogP contribution in [0.5, 0.6) is 0 Å². The average Bonchev–Trinajstić information content (AvgIpc) is 2.40. The van der Waals surface area contributed by atoms with Gasteiger partial charge in [-0.2, -0.15) is 0 Å². The van der Waals surface area contributed by atoms with E-state index < -0.39 is 5.97 Å². The van der Waals surface area contributed by atoms with Gasteiger partial charge in [0.15, 0.2) is 0 Å². The zero-order chi connectivity index (χ0) is 10.7. The molecule has 4 N–H and O–H groups in total. The molecule has 0 atom stereocenters. The van der Waals surface area contributed by atoms with Crippen molar-refractivity contribution in [2.45, 2.75) is 20.4 Å². The predicted molar refractivity (Wildman–Crippen MR) is 53.1 cm³/mol. The molecule has 14 heavy (non-hydrogen) atoms. The summed E-state index contributed by atoms with van der Waals surface area (Å²) in [7, 11) is 1.77. The molecule has 1 heterocycles. The number of aromatic amines is 1. The van der Waals surface area contributed by atoms with E-state index in [9.17, 15) is 4.79 Å². The first-order chi connectivity index (χ1) is 6.57. The molecule has 5 heteroatoms. The van der Waals surface area contributed by atoms with E-state index in [1.54, 1.807) is 14.0 Å².